The van der Waals surface area contributed by atoms with Gasteiger partial charge in [0.1, 0.15) is 5.15 Å². The van der Waals surface area contributed by atoms with E-state index in [1.165, 1.54) is 16.1 Å². The maximum absolute atomic E-state index is 12.4. The van der Waals surface area contributed by atoms with Gasteiger partial charge in [-0.3, -0.25) is 9.48 Å². The first kappa shape index (κ1) is 17.3. The van der Waals surface area contributed by atoms with Crippen LogP contribution in [0.15, 0.2) is 6.08 Å². The molecule has 0 bridgehead atoms. The maximum atomic E-state index is 12.4. The van der Waals surface area contributed by atoms with E-state index in [-0.39, 0.29) is 5.91 Å². The van der Waals surface area contributed by atoms with E-state index >= 15 is 0 Å². The molecular weight excluding hydrogens is 320 g/mol. The Morgan fingerprint density at radius 3 is 2.65 bits per heavy atom. The molecular formula is C15H21ClN4O3. The number of aryl methyl sites for hydroxylation is 2. The fraction of sp³-hybridized carbons (Fsp3) is 0.533. The first-order valence-corrected chi connectivity index (χ1v) is 7.96. The van der Waals surface area contributed by atoms with Gasteiger partial charge in [-0.2, -0.15) is 5.10 Å². The fourth-order valence-electron chi connectivity index (χ4n) is 2.37. The van der Waals surface area contributed by atoms with Gasteiger partial charge in [0.2, 0.25) is 0 Å². The number of hydrazine groups is 1. The average molecular weight is 341 g/mol. The van der Waals surface area contributed by atoms with Crippen molar-refractivity contribution in [1.82, 2.24) is 19.8 Å². The van der Waals surface area contributed by atoms with Crippen LogP contribution in [0.3, 0.4) is 0 Å². The molecule has 126 valence electrons. The van der Waals surface area contributed by atoms with Gasteiger partial charge < -0.3 is 4.74 Å². The molecule has 0 aromatic carbocycles. The first-order valence-electron chi connectivity index (χ1n) is 7.58. The molecule has 0 saturated carbocycles. The molecule has 0 unspecified atom stereocenters. The smallest absolute Gasteiger partial charge is 0.428 e. The Morgan fingerprint density at radius 1 is 1.35 bits per heavy atom. The van der Waals surface area contributed by atoms with Crippen LogP contribution in [-0.4, -0.2) is 51.5 Å². The Balaban J connectivity index is 2.07. The highest BCUT2D eigenvalue weighted by molar-refractivity contribution is 6.31. The summed E-state index contributed by atoms with van der Waals surface area (Å²) < 4.78 is 6.64. The van der Waals surface area contributed by atoms with Crippen LogP contribution >= 0.6 is 11.6 Å². The van der Waals surface area contributed by atoms with E-state index < -0.39 is 6.09 Å². The Kier molecular flexibility index (Phi) is 5.65. The van der Waals surface area contributed by atoms with Crippen molar-refractivity contribution in [1.29, 1.82) is 0 Å². The van der Waals surface area contributed by atoms with Crippen molar-refractivity contribution < 1.29 is 14.3 Å². The molecule has 1 aromatic heterocycles. The molecule has 2 rings (SSSR count). The molecule has 8 heteroatoms. The number of amides is 2. The van der Waals surface area contributed by atoms with Crippen molar-refractivity contribution in [3.8, 4) is 0 Å². The van der Waals surface area contributed by atoms with Crippen molar-refractivity contribution >= 4 is 29.7 Å². The minimum atomic E-state index is -0.485. The van der Waals surface area contributed by atoms with Crippen LogP contribution in [0.4, 0.5) is 4.79 Å². The summed E-state index contributed by atoms with van der Waals surface area (Å²) in [7, 11) is 1.74. The van der Waals surface area contributed by atoms with E-state index in [4.69, 9.17) is 16.3 Å². The predicted molar refractivity (Wildman–Crippen MR) is 86.7 cm³/mol. The molecule has 1 aliphatic rings. The number of hydrogen-bond donors (Lipinski definition) is 0. The van der Waals surface area contributed by atoms with Crippen molar-refractivity contribution in [2.24, 2.45) is 7.05 Å². The molecule has 0 aliphatic carbocycles. The van der Waals surface area contributed by atoms with Gasteiger partial charge in [-0.25, -0.2) is 14.8 Å². The third kappa shape index (κ3) is 3.85. The van der Waals surface area contributed by atoms with Crippen LogP contribution in [-0.2, 0) is 16.6 Å². The minimum Gasteiger partial charge on any atom is -0.448 e. The van der Waals surface area contributed by atoms with Gasteiger partial charge in [0, 0.05) is 31.8 Å². The number of hydrogen-bond acceptors (Lipinski definition) is 4. The number of aromatic nitrogens is 2. The normalized spacial score (nSPS) is 14.8. The standard InChI is InChI=1S/C15H21ClN4O3/c1-4-10-23-15(22)20-9-5-8-19(20)13(21)7-6-12-11(2)17-18(3)14(12)16/h6-7H,4-5,8-10H2,1-3H3/b7-6+. The average Bonchev–Trinajstić information content (AvgIpc) is 3.09. The van der Waals surface area contributed by atoms with Crippen molar-refractivity contribution in [2.45, 2.75) is 26.7 Å². The maximum Gasteiger partial charge on any atom is 0.428 e. The van der Waals surface area contributed by atoms with Crippen LogP contribution < -0.4 is 0 Å². The van der Waals surface area contributed by atoms with E-state index in [1.54, 1.807) is 17.8 Å². The van der Waals surface area contributed by atoms with Crippen LogP contribution in [0, 0.1) is 6.92 Å². The number of ether oxygens (including phenoxy) is 1. The van der Waals surface area contributed by atoms with Crippen LogP contribution in [0.1, 0.15) is 31.0 Å². The Bertz CT molecular complexity index is 626. The molecule has 0 atom stereocenters. The number of carbonyl (C=O) groups is 2. The molecule has 1 aliphatic heterocycles. The van der Waals surface area contributed by atoms with Gasteiger partial charge in [0.25, 0.3) is 5.91 Å². The van der Waals surface area contributed by atoms with Gasteiger partial charge in [-0.1, -0.05) is 18.5 Å². The van der Waals surface area contributed by atoms with Crippen molar-refractivity contribution in [3.05, 3.63) is 22.5 Å². The van der Waals surface area contributed by atoms with Crippen molar-refractivity contribution in [3.63, 3.8) is 0 Å². The quantitative estimate of drug-likeness (QED) is 0.789. The summed E-state index contributed by atoms with van der Waals surface area (Å²) in [5, 5.41) is 7.40. The lowest BCUT2D eigenvalue weighted by atomic mass is 10.2. The summed E-state index contributed by atoms with van der Waals surface area (Å²) >= 11 is 6.13. The summed E-state index contributed by atoms with van der Waals surface area (Å²) in [5.41, 5.74) is 1.43. The Labute approximate surface area is 140 Å². The second-order valence-electron chi connectivity index (χ2n) is 5.30. The zero-order chi connectivity index (χ0) is 17.0. The molecule has 2 heterocycles. The summed E-state index contributed by atoms with van der Waals surface area (Å²) in [6.45, 7) is 5.06. The lowest BCUT2D eigenvalue weighted by Gasteiger charge is -2.25. The molecule has 1 aromatic rings. The lowest BCUT2D eigenvalue weighted by molar-refractivity contribution is -0.136. The highest BCUT2D eigenvalue weighted by atomic mass is 35.5. The summed E-state index contributed by atoms with van der Waals surface area (Å²) in [4.78, 5) is 24.3. The first-order chi connectivity index (χ1) is 11.0. The molecule has 1 saturated heterocycles. The predicted octanol–water partition coefficient (Wildman–Crippen LogP) is 2.39. The Morgan fingerprint density at radius 2 is 2.04 bits per heavy atom. The third-order valence-electron chi connectivity index (χ3n) is 3.51. The molecule has 2 amide bonds. The van der Waals surface area contributed by atoms with Crippen molar-refractivity contribution in [2.75, 3.05) is 19.7 Å². The van der Waals surface area contributed by atoms with Crippen LogP contribution in [0.25, 0.3) is 6.08 Å². The highest BCUT2D eigenvalue weighted by Crippen LogP contribution is 2.20. The molecule has 0 radical (unpaired) electrons. The molecule has 7 nitrogen and oxygen atoms in total. The van der Waals surface area contributed by atoms with E-state index in [2.05, 4.69) is 5.10 Å². The van der Waals surface area contributed by atoms with Gasteiger partial charge in [0.15, 0.2) is 0 Å². The van der Waals surface area contributed by atoms with Crippen LogP contribution in [0.5, 0.6) is 0 Å². The molecule has 0 spiro atoms. The van der Waals surface area contributed by atoms with Gasteiger partial charge in [-0.05, 0) is 25.8 Å². The van der Waals surface area contributed by atoms with Crippen LogP contribution in [0.2, 0.25) is 5.15 Å². The monoisotopic (exact) mass is 340 g/mol. The third-order valence-corrected chi connectivity index (χ3v) is 3.96. The summed E-state index contributed by atoms with van der Waals surface area (Å²) in [5.74, 6) is -0.282. The van der Waals surface area contributed by atoms with E-state index in [9.17, 15) is 9.59 Å². The fourth-order valence-corrected chi connectivity index (χ4v) is 2.61. The summed E-state index contributed by atoms with van der Waals surface area (Å²) in [6, 6.07) is 0. The largest absolute Gasteiger partial charge is 0.448 e. The zero-order valence-corrected chi connectivity index (χ0v) is 14.3. The van der Waals surface area contributed by atoms with E-state index in [0.29, 0.717) is 30.4 Å². The second-order valence-corrected chi connectivity index (χ2v) is 5.66. The SMILES string of the molecule is CCCOC(=O)N1CCCN1C(=O)/C=C/c1c(C)nn(C)c1Cl. The molecule has 23 heavy (non-hydrogen) atoms. The van der Waals surface area contributed by atoms with E-state index in [0.717, 1.165) is 18.5 Å². The Hall–Kier alpha value is -2.02. The van der Waals surface area contributed by atoms with Gasteiger partial charge >= 0.3 is 6.09 Å². The van der Waals surface area contributed by atoms with Gasteiger partial charge in [-0.15, -0.1) is 0 Å². The number of nitrogens with zero attached hydrogens (tertiary/aromatic N) is 4. The number of halogens is 1. The second kappa shape index (κ2) is 7.50. The molecule has 1 fully saturated rings. The van der Waals surface area contributed by atoms with Gasteiger partial charge in [0.05, 0.1) is 12.3 Å². The molecule has 0 N–H and O–H groups in total. The topological polar surface area (TPSA) is 67.7 Å². The zero-order valence-electron chi connectivity index (χ0n) is 13.6. The highest BCUT2D eigenvalue weighted by Gasteiger charge is 2.30. The van der Waals surface area contributed by atoms with E-state index in [1.807, 2.05) is 13.8 Å². The number of carbonyl (C=O) groups excluding carboxylic acids is 2. The summed E-state index contributed by atoms with van der Waals surface area (Å²) in [6.07, 6.45) is 4.02. The number of rotatable bonds is 4. The lowest BCUT2D eigenvalue weighted by Crippen LogP contribution is -2.44. The minimum absolute atomic E-state index is 0.282.